The van der Waals surface area contributed by atoms with Crippen LogP contribution in [0.1, 0.15) is 29.8 Å². The number of primary amides is 1. The average Bonchev–Trinajstić information content (AvgIpc) is 2.30. The van der Waals surface area contributed by atoms with Gasteiger partial charge in [-0.15, -0.1) is 0 Å². The summed E-state index contributed by atoms with van der Waals surface area (Å²) in [6.07, 6.45) is 0. The van der Waals surface area contributed by atoms with E-state index >= 15 is 0 Å². The molecule has 1 aromatic carbocycles. The first kappa shape index (κ1) is 15.7. The van der Waals surface area contributed by atoms with Crippen LogP contribution in [0.3, 0.4) is 0 Å². The van der Waals surface area contributed by atoms with Crippen molar-refractivity contribution in [2.45, 2.75) is 20.4 Å². The monoisotopic (exact) mass is 328 g/mol. The van der Waals surface area contributed by atoms with Crippen LogP contribution < -0.4 is 11.1 Å². The van der Waals surface area contributed by atoms with Gasteiger partial charge in [0.1, 0.15) is 0 Å². The number of nitrogens with one attached hydrogen (secondary N) is 1. The molecule has 0 heterocycles. The fourth-order valence-corrected chi connectivity index (χ4v) is 1.94. The van der Waals surface area contributed by atoms with Crippen LogP contribution in [0.4, 0.5) is 0 Å². The number of carboxylic acid groups (broad SMARTS) is 1. The number of hydrogen-bond donors (Lipinski definition) is 3. The second-order valence-electron chi connectivity index (χ2n) is 4.96. The molecule has 0 radical (unpaired) electrons. The highest BCUT2D eigenvalue weighted by Gasteiger charge is 2.24. The van der Waals surface area contributed by atoms with Crippen molar-refractivity contribution >= 4 is 27.8 Å². The lowest BCUT2D eigenvalue weighted by atomic mass is 9.93. The van der Waals surface area contributed by atoms with E-state index in [9.17, 15) is 9.59 Å². The Morgan fingerprint density at radius 3 is 2.53 bits per heavy atom. The molecule has 0 aliphatic carbocycles. The largest absolute Gasteiger partial charge is 0.478 e. The Morgan fingerprint density at radius 1 is 1.42 bits per heavy atom. The normalized spacial score (nSPS) is 11.3. The molecule has 1 aromatic rings. The van der Waals surface area contributed by atoms with Crippen molar-refractivity contribution in [2.75, 3.05) is 6.54 Å². The van der Waals surface area contributed by atoms with Crippen molar-refractivity contribution in [3.63, 3.8) is 0 Å². The number of carbonyl (C=O) groups excluding carboxylic acids is 1. The fourth-order valence-electron chi connectivity index (χ4n) is 1.42. The van der Waals surface area contributed by atoms with E-state index in [-0.39, 0.29) is 11.5 Å². The van der Waals surface area contributed by atoms with E-state index in [4.69, 9.17) is 10.8 Å². The fraction of sp³-hybridized carbons (Fsp3) is 0.385. The molecule has 0 saturated carbocycles. The first-order valence-corrected chi connectivity index (χ1v) is 6.55. The van der Waals surface area contributed by atoms with Crippen LogP contribution >= 0.6 is 15.9 Å². The molecule has 0 aromatic heterocycles. The minimum Gasteiger partial charge on any atom is -0.478 e. The van der Waals surface area contributed by atoms with Gasteiger partial charge in [0.25, 0.3) is 0 Å². The summed E-state index contributed by atoms with van der Waals surface area (Å²) in [5.74, 6) is -1.32. The summed E-state index contributed by atoms with van der Waals surface area (Å²) in [4.78, 5) is 22.0. The quantitative estimate of drug-likeness (QED) is 0.741. The molecule has 19 heavy (non-hydrogen) atoms. The van der Waals surface area contributed by atoms with Crippen LogP contribution in [-0.4, -0.2) is 23.5 Å². The van der Waals surface area contributed by atoms with Crippen molar-refractivity contribution in [3.05, 3.63) is 33.8 Å². The summed E-state index contributed by atoms with van der Waals surface area (Å²) in [6, 6.07) is 4.83. The SMILES string of the molecule is CC(C)(CNCc1ccc(C(=O)O)cc1Br)C(N)=O. The molecule has 1 amide bonds. The number of rotatable bonds is 6. The zero-order chi connectivity index (χ0) is 14.6. The van der Waals surface area contributed by atoms with Crippen LogP contribution in [0.5, 0.6) is 0 Å². The summed E-state index contributed by atoms with van der Waals surface area (Å²) in [6.45, 7) is 4.52. The third-order valence-electron chi connectivity index (χ3n) is 2.85. The van der Waals surface area contributed by atoms with Crippen molar-refractivity contribution < 1.29 is 14.7 Å². The first-order chi connectivity index (χ1) is 8.74. The van der Waals surface area contributed by atoms with E-state index in [1.54, 1.807) is 32.0 Å². The van der Waals surface area contributed by atoms with Gasteiger partial charge >= 0.3 is 5.97 Å². The van der Waals surface area contributed by atoms with Gasteiger partial charge in [0, 0.05) is 17.6 Å². The van der Waals surface area contributed by atoms with Crippen molar-refractivity contribution in [1.29, 1.82) is 0 Å². The summed E-state index contributed by atoms with van der Waals surface area (Å²) < 4.78 is 0.719. The molecule has 6 heteroatoms. The molecule has 104 valence electrons. The van der Waals surface area contributed by atoms with Gasteiger partial charge in [-0.3, -0.25) is 4.79 Å². The van der Waals surface area contributed by atoms with Crippen molar-refractivity contribution in [2.24, 2.45) is 11.1 Å². The van der Waals surface area contributed by atoms with Gasteiger partial charge in [-0.1, -0.05) is 22.0 Å². The third kappa shape index (κ3) is 4.33. The van der Waals surface area contributed by atoms with Crippen LogP contribution in [0.2, 0.25) is 0 Å². The molecule has 0 aliphatic heterocycles. The number of aromatic carboxylic acids is 1. The molecule has 1 rings (SSSR count). The number of amides is 1. The molecule has 0 saturated heterocycles. The Morgan fingerprint density at radius 2 is 2.05 bits per heavy atom. The maximum absolute atomic E-state index is 11.2. The van der Waals surface area contributed by atoms with E-state index < -0.39 is 11.4 Å². The maximum Gasteiger partial charge on any atom is 0.335 e. The van der Waals surface area contributed by atoms with E-state index in [1.165, 1.54) is 0 Å². The first-order valence-electron chi connectivity index (χ1n) is 5.76. The summed E-state index contributed by atoms with van der Waals surface area (Å²) >= 11 is 3.33. The van der Waals surface area contributed by atoms with Crippen LogP contribution in [-0.2, 0) is 11.3 Å². The van der Waals surface area contributed by atoms with Crippen LogP contribution in [0.25, 0.3) is 0 Å². The standard InChI is InChI=1S/C13H17BrN2O3/c1-13(2,12(15)19)7-16-6-9-4-3-8(11(17)18)5-10(9)14/h3-5,16H,6-7H2,1-2H3,(H2,15,19)(H,17,18). The summed E-state index contributed by atoms with van der Waals surface area (Å²) in [5.41, 5.74) is 5.81. The number of carboxylic acids is 1. The number of nitrogens with two attached hydrogens (primary N) is 1. The Hall–Kier alpha value is -1.40. The minimum absolute atomic E-state index is 0.230. The molecule has 0 aliphatic rings. The molecule has 0 spiro atoms. The lowest BCUT2D eigenvalue weighted by molar-refractivity contribution is -0.125. The van der Waals surface area contributed by atoms with E-state index in [0.29, 0.717) is 13.1 Å². The van der Waals surface area contributed by atoms with Crippen molar-refractivity contribution in [1.82, 2.24) is 5.32 Å². The molecule has 0 fully saturated rings. The van der Waals surface area contributed by atoms with Gasteiger partial charge in [-0.05, 0) is 31.5 Å². The van der Waals surface area contributed by atoms with Gasteiger partial charge in [-0.2, -0.15) is 0 Å². The van der Waals surface area contributed by atoms with Gasteiger partial charge in [0.05, 0.1) is 11.0 Å². The molecule has 4 N–H and O–H groups in total. The summed E-state index contributed by atoms with van der Waals surface area (Å²) in [5, 5.41) is 12.0. The lowest BCUT2D eigenvalue weighted by Crippen LogP contribution is -2.40. The zero-order valence-corrected chi connectivity index (χ0v) is 12.5. The highest BCUT2D eigenvalue weighted by Crippen LogP contribution is 2.19. The number of halogens is 1. The molecular weight excluding hydrogens is 312 g/mol. The average molecular weight is 329 g/mol. The highest BCUT2D eigenvalue weighted by molar-refractivity contribution is 9.10. The smallest absolute Gasteiger partial charge is 0.335 e. The second-order valence-corrected chi connectivity index (χ2v) is 5.82. The van der Waals surface area contributed by atoms with Gasteiger partial charge < -0.3 is 16.2 Å². The number of hydrogen-bond acceptors (Lipinski definition) is 3. The predicted octanol–water partition coefficient (Wildman–Crippen LogP) is 1.75. The van der Waals surface area contributed by atoms with Crippen molar-refractivity contribution in [3.8, 4) is 0 Å². The zero-order valence-electron chi connectivity index (χ0n) is 10.9. The topological polar surface area (TPSA) is 92.4 Å². The number of carbonyl (C=O) groups is 2. The molecular formula is C13H17BrN2O3. The van der Waals surface area contributed by atoms with E-state index in [1.807, 2.05) is 0 Å². The number of benzene rings is 1. The predicted molar refractivity (Wildman–Crippen MR) is 75.8 cm³/mol. The maximum atomic E-state index is 11.2. The third-order valence-corrected chi connectivity index (χ3v) is 3.59. The lowest BCUT2D eigenvalue weighted by Gasteiger charge is -2.21. The summed E-state index contributed by atoms with van der Waals surface area (Å²) in [7, 11) is 0. The Bertz CT molecular complexity index is 501. The second kappa shape index (κ2) is 6.16. The van der Waals surface area contributed by atoms with E-state index in [2.05, 4.69) is 21.2 Å². The van der Waals surface area contributed by atoms with Gasteiger partial charge in [0.2, 0.25) is 5.91 Å². The highest BCUT2D eigenvalue weighted by atomic mass is 79.9. The molecule has 0 bridgehead atoms. The van der Waals surface area contributed by atoms with E-state index in [0.717, 1.165) is 10.0 Å². The minimum atomic E-state index is -0.963. The van der Waals surface area contributed by atoms with Gasteiger partial charge in [0.15, 0.2) is 0 Å². The molecule has 0 atom stereocenters. The Labute approximate surface area is 120 Å². The molecule has 5 nitrogen and oxygen atoms in total. The van der Waals surface area contributed by atoms with Gasteiger partial charge in [-0.25, -0.2) is 4.79 Å². The van der Waals surface area contributed by atoms with Crippen LogP contribution in [0.15, 0.2) is 22.7 Å². The Kier molecular flexibility index (Phi) is 5.08. The van der Waals surface area contributed by atoms with Crippen LogP contribution in [0, 0.1) is 5.41 Å². The Balaban J connectivity index is 2.64. The molecule has 0 unspecified atom stereocenters.